The Labute approximate surface area is 141 Å². The average molecular weight is 346 g/mol. The molecule has 0 unspecified atom stereocenters. The molecule has 132 valence electrons. The van der Waals surface area contributed by atoms with E-state index >= 15 is 0 Å². The molecule has 0 bridgehead atoms. The summed E-state index contributed by atoms with van der Waals surface area (Å²) in [6.45, 7) is 6.78. The summed E-state index contributed by atoms with van der Waals surface area (Å²) in [5, 5.41) is 2.32. The van der Waals surface area contributed by atoms with Crippen LogP contribution in [0, 0.1) is 0 Å². The molecule has 8 heteroatoms. The van der Waals surface area contributed by atoms with Gasteiger partial charge in [0.25, 0.3) is 0 Å². The van der Waals surface area contributed by atoms with Gasteiger partial charge in [-0.2, -0.15) is 0 Å². The fourth-order valence-corrected chi connectivity index (χ4v) is 3.18. The van der Waals surface area contributed by atoms with E-state index in [0.717, 1.165) is 5.75 Å². The third-order valence-corrected chi connectivity index (χ3v) is 4.28. The largest absolute Gasteiger partial charge is 0.468 e. The third-order valence-electron chi connectivity index (χ3n) is 3.12. The summed E-state index contributed by atoms with van der Waals surface area (Å²) in [5.74, 6) is 0.422. The minimum absolute atomic E-state index is 0.00908. The van der Waals surface area contributed by atoms with Gasteiger partial charge in [0.1, 0.15) is 10.9 Å². The Hall–Kier alpha value is -1.44. The Morgan fingerprint density at radius 3 is 2.61 bits per heavy atom. The first-order valence-electron chi connectivity index (χ1n) is 7.67. The van der Waals surface area contributed by atoms with Crippen molar-refractivity contribution >= 4 is 29.7 Å². The molecule has 7 nitrogen and oxygen atoms in total. The molecule has 1 aliphatic heterocycles. The van der Waals surface area contributed by atoms with Gasteiger partial charge in [-0.15, -0.1) is 11.8 Å². The van der Waals surface area contributed by atoms with E-state index in [1.165, 1.54) is 18.9 Å². The number of hydrogen-bond donors (Lipinski definition) is 1. The molecule has 0 aromatic carbocycles. The molecule has 1 atom stereocenters. The first-order valence-corrected chi connectivity index (χ1v) is 8.72. The van der Waals surface area contributed by atoms with Crippen LogP contribution < -0.4 is 5.32 Å². The minimum Gasteiger partial charge on any atom is -0.468 e. The van der Waals surface area contributed by atoms with Crippen LogP contribution in [0.1, 0.15) is 33.6 Å². The fourth-order valence-electron chi connectivity index (χ4n) is 2.05. The highest BCUT2D eigenvalue weighted by molar-refractivity contribution is 8.00. The monoisotopic (exact) mass is 346 g/mol. The van der Waals surface area contributed by atoms with Crippen molar-refractivity contribution in [3.05, 3.63) is 0 Å². The van der Waals surface area contributed by atoms with Crippen molar-refractivity contribution < 1.29 is 23.9 Å². The maximum absolute atomic E-state index is 12.1. The highest BCUT2D eigenvalue weighted by Crippen LogP contribution is 2.20. The number of thioether (sulfide) groups is 1. The van der Waals surface area contributed by atoms with Crippen molar-refractivity contribution in [3.8, 4) is 0 Å². The van der Waals surface area contributed by atoms with Crippen molar-refractivity contribution in [1.82, 2.24) is 10.2 Å². The summed E-state index contributed by atoms with van der Waals surface area (Å²) < 4.78 is 9.84. The second kappa shape index (κ2) is 9.00. The highest BCUT2D eigenvalue weighted by atomic mass is 32.2. The number of methoxy groups -OCH3 is 1. The number of esters is 1. The zero-order valence-electron chi connectivity index (χ0n) is 14.2. The molecular formula is C15H26N2O5S. The summed E-state index contributed by atoms with van der Waals surface area (Å²) in [5.41, 5.74) is -0.533. The molecule has 0 radical (unpaired) electrons. The quantitative estimate of drug-likeness (QED) is 0.598. The van der Waals surface area contributed by atoms with Gasteiger partial charge >= 0.3 is 12.1 Å². The molecule has 0 saturated carbocycles. The Morgan fingerprint density at radius 2 is 2.00 bits per heavy atom. The molecule has 1 N–H and O–H groups in total. The lowest BCUT2D eigenvalue weighted by atomic mass is 10.2. The number of ether oxygens (including phenoxy) is 2. The van der Waals surface area contributed by atoms with Crippen LogP contribution in [0.3, 0.4) is 0 Å². The van der Waals surface area contributed by atoms with Gasteiger partial charge in [0.05, 0.1) is 7.11 Å². The molecule has 0 aliphatic carbocycles. The smallest absolute Gasteiger partial charge is 0.407 e. The van der Waals surface area contributed by atoms with E-state index in [2.05, 4.69) is 5.32 Å². The molecular weight excluding hydrogens is 320 g/mol. The van der Waals surface area contributed by atoms with Crippen LogP contribution in [-0.4, -0.2) is 66.2 Å². The van der Waals surface area contributed by atoms with Crippen molar-refractivity contribution in [2.45, 2.75) is 44.5 Å². The van der Waals surface area contributed by atoms with E-state index in [-0.39, 0.29) is 17.1 Å². The third kappa shape index (κ3) is 7.58. The summed E-state index contributed by atoms with van der Waals surface area (Å²) in [6.07, 6.45) is 0.379. The lowest BCUT2D eigenvalue weighted by molar-refractivity contribution is -0.141. The Bertz CT molecular complexity index is 436. The number of carbonyl (C=O) groups is 3. The molecule has 2 amide bonds. The SMILES string of the molecule is COC(=O)[C@H]1CN(C(=O)CCCNC(=O)OC(C)(C)C)CCS1. The summed E-state index contributed by atoms with van der Waals surface area (Å²) >= 11 is 1.51. The van der Waals surface area contributed by atoms with E-state index in [1.54, 1.807) is 25.7 Å². The zero-order valence-corrected chi connectivity index (χ0v) is 15.0. The predicted molar refractivity (Wildman–Crippen MR) is 88.3 cm³/mol. The molecule has 0 aromatic rings. The number of nitrogens with one attached hydrogen (secondary N) is 1. The van der Waals surface area contributed by atoms with Crippen LogP contribution >= 0.6 is 11.8 Å². The Morgan fingerprint density at radius 1 is 1.30 bits per heavy atom. The molecule has 1 heterocycles. The van der Waals surface area contributed by atoms with Crippen molar-refractivity contribution in [2.75, 3.05) is 32.5 Å². The summed E-state index contributed by atoms with van der Waals surface area (Å²) in [4.78, 5) is 36.8. The van der Waals surface area contributed by atoms with E-state index in [4.69, 9.17) is 9.47 Å². The van der Waals surface area contributed by atoms with E-state index < -0.39 is 11.7 Å². The van der Waals surface area contributed by atoms with Gasteiger partial charge < -0.3 is 19.7 Å². The molecule has 1 rings (SSSR count). The van der Waals surface area contributed by atoms with Gasteiger partial charge in [0, 0.05) is 31.8 Å². The zero-order chi connectivity index (χ0) is 17.5. The lowest BCUT2D eigenvalue weighted by Crippen LogP contribution is -2.45. The highest BCUT2D eigenvalue weighted by Gasteiger charge is 2.29. The number of alkyl carbamates (subject to hydrolysis) is 1. The van der Waals surface area contributed by atoms with Crippen LogP contribution in [0.25, 0.3) is 0 Å². The number of carbonyl (C=O) groups excluding carboxylic acids is 3. The van der Waals surface area contributed by atoms with Crippen LogP contribution in [0.15, 0.2) is 0 Å². The summed E-state index contributed by atoms with van der Waals surface area (Å²) in [6, 6.07) is 0. The van der Waals surface area contributed by atoms with Crippen LogP contribution in [-0.2, 0) is 19.1 Å². The van der Waals surface area contributed by atoms with Crippen molar-refractivity contribution in [3.63, 3.8) is 0 Å². The van der Waals surface area contributed by atoms with Crippen molar-refractivity contribution in [2.24, 2.45) is 0 Å². The topological polar surface area (TPSA) is 84.9 Å². The average Bonchev–Trinajstić information content (AvgIpc) is 2.49. The fraction of sp³-hybridized carbons (Fsp3) is 0.800. The second-order valence-electron chi connectivity index (χ2n) is 6.25. The number of nitrogens with zero attached hydrogens (tertiary/aromatic N) is 1. The van der Waals surface area contributed by atoms with Crippen LogP contribution in [0.2, 0.25) is 0 Å². The number of rotatable bonds is 5. The molecule has 1 fully saturated rings. The Balaban J connectivity index is 2.26. The normalized spacial score (nSPS) is 18.3. The minimum atomic E-state index is -0.533. The second-order valence-corrected chi connectivity index (χ2v) is 7.57. The van der Waals surface area contributed by atoms with E-state index in [9.17, 15) is 14.4 Å². The first-order chi connectivity index (χ1) is 10.7. The molecule has 1 aliphatic rings. The molecule has 0 aromatic heterocycles. The van der Waals surface area contributed by atoms with Crippen molar-refractivity contribution in [1.29, 1.82) is 0 Å². The molecule has 23 heavy (non-hydrogen) atoms. The number of hydrogen-bond acceptors (Lipinski definition) is 6. The van der Waals surface area contributed by atoms with Crippen LogP contribution in [0.4, 0.5) is 4.79 Å². The maximum atomic E-state index is 12.1. The standard InChI is InChI=1S/C15H26N2O5S/c1-15(2,3)22-14(20)16-7-5-6-12(18)17-8-9-23-11(10-17)13(19)21-4/h11H,5-10H2,1-4H3,(H,16,20)/t11-/m1/s1. The van der Waals surface area contributed by atoms with Gasteiger partial charge in [0.2, 0.25) is 5.91 Å². The van der Waals surface area contributed by atoms with Gasteiger partial charge in [-0.05, 0) is 27.2 Å². The number of amides is 2. The van der Waals surface area contributed by atoms with Gasteiger partial charge in [0.15, 0.2) is 0 Å². The maximum Gasteiger partial charge on any atom is 0.407 e. The van der Waals surface area contributed by atoms with Crippen LogP contribution in [0.5, 0.6) is 0 Å². The lowest BCUT2D eigenvalue weighted by Gasteiger charge is -2.31. The van der Waals surface area contributed by atoms with E-state index in [0.29, 0.717) is 32.5 Å². The van der Waals surface area contributed by atoms with Gasteiger partial charge in [-0.25, -0.2) is 4.79 Å². The van der Waals surface area contributed by atoms with Gasteiger partial charge in [-0.3, -0.25) is 9.59 Å². The Kier molecular flexibility index (Phi) is 7.67. The molecule has 1 saturated heterocycles. The molecule has 0 spiro atoms. The van der Waals surface area contributed by atoms with Gasteiger partial charge in [-0.1, -0.05) is 0 Å². The first kappa shape index (κ1) is 19.6. The predicted octanol–water partition coefficient (Wildman–Crippen LogP) is 1.41. The van der Waals surface area contributed by atoms with E-state index in [1.807, 2.05) is 0 Å². The summed E-state index contributed by atoms with van der Waals surface area (Å²) in [7, 11) is 1.35.